The molecule has 5 aliphatic rings. The van der Waals surface area contributed by atoms with Crippen LogP contribution in [0.2, 0.25) is 0 Å². The molecule has 2 atom stereocenters. The SMILES string of the molecule is C[C@H](c1cc[cH-]c1P(c1ccccc1)c1ccccc1)P(C1CCCCC1)C1CCCCC1.C[C@H](c1cc[cH-]c1P(c1ccccc1)c1ccccc1)P(C1CCCCC1)C1CCCCC1.[CH]1[CH][CH][CH-][CH]1.[Cu][Br].[Cu][Br].[Fe+2].[Fe+2].c1cc[cH-]c1. The van der Waals surface area contributed by atoms with E-state index in [1.165, 1.54) is 150 Å². The van der Waals surface area contributed by atoms with Gasteiger partial charge >= 0.3 is 90.8 Å². The van der Waals surface area contributed by atoms with Crippen LogP contribution in [0.25, 0.3) is 0 Å². The normalized spacial score (nSPS) is 17.6. The molecule has 0 aliphatic heterocycles. The topological polar surface area (TPSA) is 0 Å². The third-order valence-electron chi connectivity index (χ3n) is 17.1. The molecule has 5 saturated carbocycles. The van der Waals surface area contributed by atoms with Gasteiger partial charge in [-0.25, -0.2) is 24.3 Å². The first kappa shape index (κ1) is 72.4. The Labute approximate surface area is 556 Å². The molecule has 10 heteroatoms. The van der Waals surface area contributed by atoms with Gasteiger partial charge in [0.05, 0.1) is 0 Å². The summed E-state index contributed by atoms with van der Waals surface area (Å²) in [5, 5.41) is 9.18. The Bertz CT molecular complexity index is 2290. The van der Waals surface area contributed by atoms with E-state index in [0.717, 1.165) is 22.6 Å². The number of halogens is 2. The predicted octanol–water partition coefficient (Wildman–Crippen LogP) is 20.9. The zero-order chi connectivity index (χ0) is 56.0. The minimum absolute atomic E-state index is 0. The van der Waals surface area contributed by atoms with Crippen LogP contribution < -0.4 is 31.8 Å². The molecule has 5 fully saturated rings. The summed E-state index contributed by atoms with van der Waals surface area (Å²) < 4.78 is 0. The van der Waals surface area contributed by atoms with Crippen LogP contribution in [0.3, 0.4) is 0 Å². The van der Waals surface area contributed by atoms with Crippen molar-refractivity contribution in [1.29, 1.82) is 0 Å². The Balaban J connectivity index is 0.000000239. The molecule has 0 aromatic heterocycles. The molecule has 7 aromatic carbocycles. The molecular weight excluding hydrogens is 1390 g/mol. The van der Waals surface area contributed by atoms with E-state index in [1.54, 1.807) is 21.7 Å². The van der Waals surface area contributed by atoms with E-state index in [2.05, 4.69) is 228 Å². The van der Waals surface area contributed by atoms with Gasteiger partial charge in [-0.05, 0) is 111 Å². The molecular formula is C72H88Br2Cu2Fe2P4. The minimum Gasteiger partial charge on any atom is -0.214 e. The van der Waals surface area contributed by atoms with Crippen molar-refractivity contribution in [3.63, 3.8) is 0 Å². The van der Waals surface area contributed by atoms with Crippen LogP contribution in [0.5, 0.6) is 0 Å². The maximum atomic E-state index is 4.00. The Morgan fingerprint density at radius 3 is 0.854 bits per heavy atom. The van der Waals surface area contributed by atoms with E-state index in [4.69, 9.17) is 0 Å². The van der Waals surface area contributed by atoms with Gasteiger partial charge in [-0.15, -0.1) is 26.5 Å². The fraction of sp³-hybridized carbons (Fsp3) is 0.389. The first-order chi connectivity index (χ1) is 39.7. The van der Waals surface area contributed by atoms with Crippen molar-refractivity contribution in [2.45, 2.75) is 176 Å². The monoisotopic (exact) mass is 1470 g/mol. The summed E-state index contributed by atoms with van der Waals surface area (Å²) in [6.45, 7) is 5.24. The second-order valence-corrected chi connectivity index (χ2v) is 32.7. The van der Waals surface area contributed by atoms with Crippen molar-refractivity contribution >= 4 is 91.7 Å². The molecule has 0 nitrogen and oxygen atoms in total. The number of hydrogen-bond acceptors (Lipinski definition) is 0. The second kappa shape index (κ2) is 42.6. The van der Waals surface area contributed by atoms with Crippen LogP contribution in [-0.2, 0) is 62.5 Å². The van der Waals surface area contributed by atoms with E-state index in [1.807, 2.05) is 62.4 Å². The molecule has 0 bridgehead atoms. The van der Waals surface area contributed by atoms with Gasteiger partial charge in [0.25, 0.3) is 0 Å². The molecule has 0 spiro atoms. The first-order valence-corrected chi connectivity index (χ1v) is 40.5. The molecule has 0 saturated heterocycles. The van der Waals surface area contributed by atoms with E-state index < -0.39 is 15.8 Å². The third-order valence-corrected chi connectivity index (χ3v) is 29.9. The van der Waals surface area contributed by atoms with Gasteiger partial charge in [-0.1, -0.05) is 236 Å². The van der Waals surface area contributed by atoms with Crippen molar-refractivity contribution in [3.8, 4) is 0 Å². The van der Waals surface area contributed by atoms with E-state index >= 15 is 0 Å². The smallest absolute Gasteiger partial charge is 0.214 e. The van der Waals surface area contributed by atoms with Crippen molar-refractivity contribution in [3.05, 3.63) is 231 Å². The van der Waals surface area contributed by atoms with Gasteiger partial charge in [-0.2, -0.15) is 66.4 Å². The molecule has 82 heavy (non-hydrogen) atoms. The van der Waals surface area contributed by atoms with Crippen LogP contribution in [0.4, 0.5) is 0 Å². The summed E-state index contributed by atoms with van der Waals surface area (Å²) in [6.07, 6.45) is 39.6. The van der Waals surface area contributed by atoms with Gasteiger partial charge in [0.1, 0.15) is 0 Å². The maximum absolute atomic E-state index is 4.00. The molecule has 12 rings (SSSR count). The Morgan fingerprint density at radius 2 is 0.634 bits per heavy atom. The van der Waals surface area contributed by atoms with Gasteiger partial charge < -0.3 is 6.42 Å². The number of benzene rings is 4. The minimum atomic E-state index is -0.511. The van der Waals surface area contributed by atoms with Gasteiger partial charge in [0.2, 0.25) is 0 Å². The van der Waals surface area contributed by atoms with Crippen LogP contribution in [0.15, 0.2) is 188 Å². The van der Waals surface area contributed by atoms with Gasteiger partial charge in [0.15, 0.2) is 0 Å². The summed E-state index contributed by atoms with van der Waals surface area (Å²) in [4.78, 5) is 0. The average molecular weight is 1480 g/mol. The molecule has 4 radical (unpaired) electrons. The van der Waals surface area contributed by atoms with Crippen molar-refractivity contribution in [2.24, 2.45) is 0 Å². The summed E-state index contributed by atoms with van der Waals surface area (Å²) in [6, 6.07) is 69.8. The van der Waals surface area contributed by atoms with Gasteiger partial charge in [-0.3, -0.25) is 0 Å². The summed E-state index contributed by atoms with van der Waals surface area (Å²) >= 11 is 13.0. The molecule has 7 aromatic rings. The second-order valence-electron chi connectivity index (χ2n) is 22.1. The Hall–Kier alpha value is -0.312. The van der Waals surface area contributed by atoms with Crippen molar-refractivity contribution in [1.82, 2.24) is 0 Å². The standard InChI is InChI=1S/2C31H39P2.2C5H5.2BrH.2Cu.2Fe/c2*1-25(32(26-15-6-2-7-16-26)27-17-8-3-9-18-27)30-23-14-24-31(30)33(28-19-10-4-11-20-28)29-21-12-5-13-22-29;2*1-2-4-5-3-1;;;;;;/h2*4-5,10-14,19-27H,2-3,6-9,15-18H2,1H3;2*1-5H;2*1H;;;;/q4*-1;;;2*+1;2*+2/p-2/t2*25-;;;;;;;;/m11......../s1. The summed E-state index contributed by atoms with van der Waals surface area (Å²) in [5.74, 6) is 0. The number of rotatable bonds is 14. The van der Waals surface area contributed by atoms with E-state index in [-0.39, 0.29) is 50.0 Å². The third kappa shape index (κ3) is 22.0. The molecule has 0 N–H and O–H groups in total. The molecule has 0 unspecified atom stereocenters. The fourth-order valence-electron chi connectivity index (χ4n) is 13.5. The van der Waals surface area contributed by atoms with E-state index in [0.29, 0.717) is 11.3 Å². The Kier molecular flexibility index (Phi) is 37.6. The molecule has 0 amide bonds. The molecule has 448 valence electrons. The summed E-state index contributed by atoms with van der Waals surface area (Å²) in [7, 11) is -0.977. The molecule has 0 heterocycles. The van der Waals surface area contributed by atoms with Crippen LogP contribution >= 0.6 is 59.9 Å². The largest absolute Gasteiger partial charge is 2.00 e. The van der Waals surface area contributed by atoms with Crippen LogP contribution in [-0.4, -0.2) is 22.6 Å². The van der Waals surface area contributed by atoms with Crippen LogP contribution in [0.1, 0.15) is 165 Å². The quantitative estimate of drug-likeness (QED) is 0.0578. The van der Waals surface area contributed by atoms with Gasteiger partial charge in [0, 0.05) is 0 Å². The van der Waals surface area contributed by atoms with Crippen LogP contribution in [0, 0.1) is 32.1 Å². The summed E-state index contributed by atoms with van der Waals surface area (Å²) in [5.41, 5.74) is 8.77. The average Bonchev–Trinajstić information content (AvgIpc) is 4.48. The van der Waals surface area contributed by atoms with Crippen molar-refractivity contribution in [2.75, 3.05) is 0 Å². The molecule has 5 aliphatic carbocycles. The Morgan fingerprint density at radius 1 is 0.366 bits per heavy atom. The zero-order valence-electron chi connectivity index (χ0n) is 48.2. The van der Waals surface area contributed by atoms with Crippen molar-refractivity contribution < 1.29 is 62.5 Å². The zero-order valence-corrected chi connectivity index (χ0v) is 59.1. The predicted molar refractivity (Wildman–Crippen MR) is 361 cm³/mol. The fourth-order valence-corrected chi connectivity index (χ4v) is 27.4. The maximum Gasteiger partial charge on any atom is 2.00 e. The van der Waals surface area contributed by atoms with E-state index in [9.17, 15) is 0 Å². The first-order valence-electron chi connectivity index (χ1n) is 30.1. The number of hydrogen-bond donors (Lipinski definition) is 0.